The van der Waals surface area contributed by atoms with Gasteiger partial charge in [-0.1, -0.05) is 11.6 Å². The van der Waals surface area contributed by atoms with Crippen molar-refractivity contribution >= 4 is 29.2 Å². The lowest BCUT2D eigenvalue weighted by molar-refractivity contribution is -0.123. The summed E-state index contributed by atoms with van der Waals surface area (Å²) in [5.74, 6) is -1.42. The van der Waals surface area contributed by atoms with Crippen LogP contribution in [0.3, 0.4) is 0 Å². The second kappa shape index (κ2) is 4.59. The number of rotatable bonds is 3. The summed E-state index contributed by atoms with van der Waals surface area (Å²) < 4.78 is 0. The average Bonchev–Trinajstić information content (AvgIpc) is 2.28. The Bertz CT molecular complexity index is 512. The van der Waals surface area contributed by atoms with Crippen LogP contribution in [-0.2, 0) is 4.79 Å². The predicted molar refractivity (Wildman–Crippen MR) is 67.8 cm³/mol. The molecule has 4 N–H and O–H groups in total. The molecule has 0 radical (unpaired) electrons. The smallest absolute Gasteiger partial charge is 0.337 e. The molecule has 0 atom stereocenters. The maximum Gasteiger partial charge on any atom is 0.337 e. The van der Waals surface area contributed by atoms with E-state index in [9.17, 15) is 9.59 Å². The molecule has 1 aromatic carbocycles. The van der Waals surface area contributed by atoms with Crippen molar-refractivity contribution in [3.8, 4) is 0 Å². The van der Waals surface area contributed by atoms with E-state index in [0.717, 1.165) is 6.42 Å². The first-order valence-corrected chi connectivity index (χ1v) is 5.93. The molecule has 0 heterocycles. The van der Waals surface area contributed by atoms with E-state index in [2.05, 4.69) is 5.32 Å². The van der Waals surface area contributed by atoms with Crippen LogP contribution in [0.4, 0.5) is 5.69 Å². The van der Waals surface area contributed by atoms with Crippen molar-refractivity contribution < 1.29 is 14.7 Å². The molecule has 0 aliphatic heterocycles. The average molecular weight is 269 g/mol. The molecule has 0 bridgehead atoms. The number of hydrogen-bond acceptors (Lipinski definition) is 3. The quantitative estimate of drug-likeness (QED) is 0.780. The Morgan fingerprint density at radius 1 is 1.39 bits per heavy atom. The molecule has 0 unspecified atom stereocenters. The van der Waals surface area contributed by atoms with Gasteiger partial charge in [-0.15, -0.1) is 0 Å². The van der Waals surface area contributed by atoms with E-state index >= 15 is 0 Å². The van der Waals surface area contributed by atoms with E-state index in [1.807, 2.05) is 0 Å². The van der Waals surface area contributed by atoms with Crippen LogP contribution in [0.15, 0.2) is 18.2 Å². The van der Waals surface area contributed by atoms with Gasteiger partial charge in [0.05, 0.1) is 16.1 Å². The zero-order valence-corrected chi connectivity index (χ0v) is 10.3. The number of hydrogen-bond donors (Lipinski definition) is 3. The molecule has 1 aromatic rings. The van der Waals surface area contributed by atoms with Crippen molar-refractivity contribution in [3.05, 3.63) is 28.8 Å². The minimum absolute atomic E-state index is 0.0471. The number of aromatic carboxylic acids is 1. The van der Waals surface area contributed by atoms with E-state index in [1.165, 1.54) is 12.1 Å². The van der Waals surface area contributed by atoms with Crippen LogP contribution >= 0.6 is 11.6 Å². The topological polar surface area (TPSA) is 92.4 Å². The van der Waals surface area contributed by atoms with Gasteiger partial charge >= 0.3 is 5.97 Å². The number of halogens is 1. The SMILES string of the molecule is NC1(C(=O)Nc2ccc(Cl)c(C(=O)O)c2)CCC1. The largest absolute Gasteiger partial charge is 0.478 e. The second-order valence-corrected chi connectivity index (χ2v) is 4.87. The molecule has 6 heteroatoms. The van der Waals surface area contributed by atoms with Crippen LogP contribution in [0, 0.1) is 0 Å². The van der Waals surface area contributed by atoms with Crippen molar-refractivity contribution in [3.63, 3.8) is 0 Å². The van der Waals surface area contributed by atoms with Crippen LogP contribution in [0.1, 0.15) is 29.6 Å². The number of nitrogens with one attached hydrogen (secondary N) is 1. The standard InChI is InChI=1S/C12H13ClN2O3/c13-9-3-2-7(6-8(9)10(16)17)15-11(18)12(14)4-1-5-12/h2-3,6H,1,4-5,14H2,(H,15,18)(H,16,17). The Hall–Kier alpha value is -1.59. The summed E-state index contributed by atoms with van der Waals surface area (Å²) in [6.07, 6.45) is 2.24. The lowest BCUT2D eigenvalue weighted by Gasteiger charge is -2.36. The fraction of sp³-hybridized carbons (Fsp3) is 0.333. The fourth-order valence-electron chi connectivity index (χ4n) is 1.81. The zero-order chi connectivity index (χ0) is 13.3. The fourth-order valence-corrected chi connectivity index (χ4v) is 2.01. The summed E-state index contributed by atoms with van der Waals surface area (Å²) in [5.41, 5.74) is 5.39. The molecule has 1 aliphatic rings. The van der Waals surface area contributed by atoms with Crippen LogP contribution in [0.2, 0.25) is 5.02 Å². The number of carboxylic acids is 1. The van der Waals surface area contributed by atoms with Gasteiger partial charge in [-0.3, -0.25) is 4.79 Å². The van der Waals surface area contributed by atoms with Crippen molar-refractivity contribution in [1.29, 1.82) is 0 Å². The van der Waals surface area contributed by atoms with Crippen molar-refractivity contribution in [2.24, 2.45) is 5.73 Å². The number of carbonyl (C=O) groups excluding carboxylic acids is 1. The number of anilines is 1. The van der Waals surface area contributed by atoms with Crippen molar-refractivity contribution in [1.82, 2.24) is 0 Å². The highest BCUT2D eigenvalue weighted by molar-refractivity contribution is 6.33. The summed E-state index contributed by atoms with van der Waals surface area (Å²) in [4.78, 5) is 22.8. The molecule has 1 amide bonds. The van der Waals surface area contributed by atoms with Crippen LogP contribution in [-0.4, -0.2) is 22.5 Å². The summed E-state index contributed by atoms with van der Waals surface area (Å²) in [5, 5.41) is 11.7. The van der Waals surface area contributed by atoms with Crippen molar-refractivity contribution in [2.75, 3.05) is 5.32 Å². The zero-order valence-electron chi connectivity index (χ0n) is 9.57. The lowest BCUT2D eigenvalue weighted by Crippen LogP contribution is -2.56. The molecule has 1 aliphatic carbocycles. The number of carbonyl (C=O) groups is 2. The molecule has 0 spiro atoms. The highest BCUT2D eigenvalue weighted by atomic mass is 35.5. The second-order valence-electron chi connectivity index (χ2n) is 4.46. The van der Waals surface area contributed by atoms with Crippen LogP contribution in [0.5, 0.6) is 0 Å². The van der Waals surface area contributed by atoms with Gasteiger partial charge in [-0.05, 0) is 37.5 Å². The van der Waals surface area contributed by atoms with E-state index in [1.54, 1.807) is 6.07 Å². The molecule has 18 heavy (non-hydrogen) atoms. The number of nitrogens with two attached hydrogens (primary N) is 1. The number of carboxylic acid groups (broad SMARTS) is 1. The Labute approximate surface area is 109 Å². The molecule has 0 aromatic heterocycles. The van der Waals surface area contributed by atoms with E-state index in [4.69, 9.17) is 22.4 Å². The molecule has 2 rings (SSSR count). The van der Waals surface area contributed by atoms with Gasteiger partial charge in [-0.2, -0.15) is 0 Å². The van der Waals surface area contributed by atoms with E-state index < -0.39 is 11.5 Å². The summed E-state index contributed by atoms with van der Waals surface area (Å²) in [7, 11) is 0. The maximum atomic E-state index is 11.9. The molecule has 1 saturated carbocycles. The number of benzene rings is 1. The van der Waals surface area contributed by atoms with E-state index in [-0.39, 0.29) is 16.5 Å². The Morgan fingerprint density at radius 3 is 2.56 bits per heavy atom. The third-order valence-corrected chi connectivity index (χ3v) is 3.48. The lowest BCUT2D eigenvalue weighted by atomic mass is 9.77. The molecule has 0 saturated heterocycles. The minimum Gasteiger partial charge on any atom is -0.478 e. The van der Waals surface area contributed by atoms with Gasteiger partial charge in [0, 0.05) is 5.69 Å². The third-order valence-electron chi connectivity index (χ3n) is 3.15. The third kappa shape index (κ3) is 2.32. The monoisotopic (exact) mass is 268 g/mol. The highest BCUT2D eigenvalue weighted by Gasteiger charge is 2.40. The van der Waals surface area contributed by atoms with Gasteiger partial charge in [0.2, 0.25) is 5.91 Å². The highest BCUT2D eigenvalue weighted by Crippen LogP contribution is 2.30. The van der Waals surface area contributed by atoms with E-state index in [0.29, 0.717) is 18.5 Å². The summed E-state index contributed by atoms with van der Waals surface area (Å²) in [6.45, 7) is 0. The normalized spacial score (nSPS) is 16.8. The number of amides is 1. The van der Waals surface area contributed by atoms with Gasteiger partial charge in [0.15, 0.2) is 0 Å². The maximum absolute atomic E-state index is 11.9. The summed E-state index contributed by atoms with van der Waals surface area (Å²) in [6, 6.07) is 4.31. The van der Waals surface area contributed by atoms with Gasteiger partial charge in [-0.25, -0.2) is 4.79 Å². The Balaban J connectivity index is 2.17. The predicted octanol–water partition coefficient (Wildman–Crippen LogP) is 1.86. The first-order chi connectivity index (χ1) is 8.42. The van der Waals surface area contributed by atoms with Crippen LogP contribution < -0.4 is 11.1 Å². The van der Waals surface area contributed by atoms with Gasteiger partial charge in [0.1, 0.15) is 0 Å². The molecular formula is C12H13ClN2O3. The summed E-state index contributed by atoms with van der Waals surface area (Å²) >= 11 is 5.74. The van der Waals surface area contributed by atoms with Crippen molar-refractivity contribution in [2.45, 2.75) is 24.8 Å². The Morgan fingerprint density at radius 2 is 2.06 bits per heavy atom. The van der Waals surface area contributed by atoms with Gasteiger partial charge < -0.3 is 16.2 Å². The first-order valence-electron chi connectivity index (χ1n) is 5.55. The first kappa shape index (κ1) is 12.9. The van der Waals surface area contributed by atoms with Gasteiger partial charge in [0.25, 0.3) is 0 Å². The molecular weight excluding hydrogens is 256 g/mol. The molecule has 1 fully saturated rings. The molecule has 5 nitrogen and oxygen atoms in total. The minimum atomic E-state index is -1.14. The van der Waals surface area contributed by atoms with Crippen LogP contribution in [0.25, 0.3) is 0 Å². The Kier molecular flexibility index (Phi) is 3.28. The molecule has 96 valence electrons.